The molecule has 10 heteroatoms. The van der Waals surface area contributed by atoms with Gasteiger partial charge in [0.15, 0.2) is 0 Å². The fourth-order valence-corrected chi connectivity index (χ4v) is 2.83. The number of nitrogens with zero attached hydrogens (tertiary/aromatic N) is 5. The minimum absolute atomic E-state index is 0.122. The van der Waals surface area contributed by atoms with Gasteiger partial charge in [0.25, 0.3) is 0 Å². The van der Waals surface area contributed by atoms with Crippen molar-refractivity contribution >= 4 is 12.2 Å². The quantitative estimate of drug-likeness (QED) is 0.825. The van der Waals surface area contributed by atoms with Crippen molar-refractivity contribution in [1.82, 2.24) is 24.6 Å². The molecule has 138 valence electrons. The van der Waals surface area contributed by atoms with Crippen LogP contribution in [0.25, 0.3) is 5.69 Å². The lowest BCUT2D eigenvalue weighted by molar-refractivity contribution is 0.0558. The third-order valence-electron chi connectivity index (χ3n) is 4.17. The Labute approximate surface area is 149 Å². The minimum Gasteiger partial charge on any atom is -0.465 e. The number of rotatable bonds is 5. The van der Waals surface area contributed by atoms with Crippen LogP contribution in [-0.4, -0.2) is 79.2 Å². The van der Waals surface area contributed by atoms with Crippen LogP contribution in [0.2, 0.25) is 0 Å². The van der Waals surface area contributed by atoms with Crippen LogP contribution in [0.4, 0.5) is 9.59 Å². The topological polar surface area (TPSA) is 121 Å². The maximum absolute atomic E-state index is 11.3. The number of carbonyl (C=O) groups is 2. The van der Waals surface area contributed by atoms with Gasteiger partial charge in [0, 0.05) is 26.1 Å². The van der Waals surface area contributed by atoms with Gasteiger partial charge in [-0.2, -0.15) is 4.98 Å². The Morgan fingerprint density at radius 2 is 1.92 bits per heavy atom. The van der Waals surface area contributed by atoms with Gasteiger partial charge in [-0.3, -0.25) is 0 Å². The van der Waals surface area contributed by atoms with Crippen LogP contribution in [0, 0.1) is 0 Å². The molecule has 0 bridgehead atoms. The van der Waals surface area contributed by atoms with E-state index >= 15 is 0 Å². The van der Waals surface area contributed by atoms with Crippen molar-refractivity contribution in [2.75, 3.05) is 26.2 Å². The molecule has 3 rings (SSSR count). The summed E-state index contributed by atoms with van der Waals surface area (Å²) < 4.78 is 7.08. The third-order valence-corrected chi connectivity index (χ3v) is 4.17. The van der Waals surface area contributed by atoms with Crippen LogP contribution >= 0.6 is 0 Å². The summed E-state index contributed by atoms with van der Waals surface area (Å²) in [6.45, 7) is 0.618. The molecule has 0 radical (unpaired) electrons. The SMILES string of the molecule is O=C(O)N1CCN(C(=O)O)[C@H](CCOc2ncn(-c3ccccc3)n2)C1. The summed E-state index contributed by atoms with van der Waals surface area (Å²) in [7, 11) is 0. The van der Waals surface area contributed by atoms with Gasteiger partial charge in [-0.25, -0.2) is 14.3 Å². The standard InChI is InChI=1S/C16H19N5O5/c22-15(23)19-7-8-20(16(24)25)13(10-19)6-9-26-14-17-11-21(18-14)12-4-2-1-3-5-12/h1-5,11,13H,6-10H2,(H,22,23)(H,24,25)/t13-/m1/s1. The summed E-state index contributed by atoms with van der Waals surface area (Å²) >= 11 is 0. The molecule has 1 aromatic carbocycles. The second kappa shape index (κ2) is 7.72. The smallest absolute Gasteiger partial charge is 0.407 e. The Balaban J connectivity index is 1.56. The van der Waals surface area contributed by atoms with E-state index in [1.165, 1.54) is 16.1 Å². The highest BCUT2D eigenvalue weighted by Crippen LogP contribution is 2.15. The predicted molar refractivity (Wildman–Crippen MR) is 89.6 cm³/mol. The first-order valence-electron chi connectivity index (χ1n) is 8.12. The van der Waals surface area contributed by atoms with Gasteiger partial charge in [-0.05, 0) is 12.1 Å². The van der Waals surface area contributed by atoms with Crippen molar-refractivity contribution in [3.8, 4) is 11.7 Å². The number of ether oxygens (including phenoxy) is 1. The van der Waals surface area contributed by atoms with Crippen LogP contribution in [0.1, 0.15) is 6.42 Å². The van der Waals surface area contributed by atoms with E-state index in [-0.39, 0.29) is 32.3 Å². The molecule has 2 aromatic rings. The highest BCUT2D eigenvalue weighted by atomic mass is 16.5. The summed E-state index contributed by atoms with van der Waals surface area (Å²) in [5.41, 5.74) is 0.844. The van der Waals surface area contributed by atoms with E-state index in [4.69, 9.17) is 9.84 Å². The summed E-state index contributed by atoms with van der Waals surface area (Å²) in [6.07, 6.45) is -0.243. The van der Waals surface area contributed by atoms with Crippen LogP contribution in [0.5, 0.6) is 6.01 Å². The largest absolute Gasteiger partial charge is 0.465 e. The molecule has 10 nitrogen and oxygen atoms in total. The minimum atomic E-state index is -1.06. The summed E-state index contributed by atoms with van der Waals surface area (Å²) in [5.74, 6) is 0. The van der Waals surface area contributed by atoms with Crippen molar-refractivity contribution in [3.63, 3.8) is 0 Å². The lowest BCUT2D eigenvalue weighted by Gasteiger charge is -2.38. The summed E-state index contributed by atoms with van der Waals surface area (Å²) in [6, 6.07) is 9.15. The van der Waals surface area contributed by atoms with Gasteiger partial charge in [0.1, 0.15) is 6.33 Å². The molecule has 2 heterocycles. The first-order chi connectivity index (χ1) is 12.5. The molecule has 0 saturated carbocycles. The van der Waals surface area contributed by atoms with E-state index in [1.54, 1.807) is 4.68 Å². The van der Waals surface area contributed by atoms with Crippen molar-refractivity contribution in [3.05, 3.63) is 36.7 Å². The number of hydrogen-bond donors (Lipinski definition) is 2. The molecule has 0 unspecified atom stereocenters. The molecule has 1 aromatic heterocycles. The molecule has 0 spiro atoms. The molecular weight excluding hydrogens is 342 g/mol. The first-order valence-corrected chi connectivity index (χ1v) is 8.12. The van der Waals surface area contributed by atoms with Gasteiger partial charge >= 0.3 is 18.2 Å². The average Bonchev–Trinajstić information content (AvgIpc) is 3.11. The Morgan fingerprint density at radius 3 is 2.62 bits per heavy atom. The number of benzene rings is 1. The van der Waals surface area contributed by atoms with E-state index in [9.17, 15) is 14.7 Å². The molecule has 1 fully saturated rings. The highest BCUT2D eigenvalue weighted by Gasteiger charge is 2.32. The zero-order valence-electron chi connectivity index (χ0n) is 13.9. The first kappa shape index (κ1) is 17.5. The van der Waals surface area contributed by atoms with Crippen molar-refractivity contribution in [2.24, 2.45) is 0 Å². The Morgan fingerprint density at radius 1 is 1.15 bits per heavy atom. The van der Waals surface area contributed by atoms with Crippen molar-refractivity contribution in [1.29, 1.82) is 0 Å². The van der Waals surface area contributed by atoms with Crippen LogP contribution in [0.3, 0.4) is 0 Å². The Hall–Kier alpha value is -3.30. The zero-order chi connectivity index (χ0) is 18.5. The zero-order valence-corrected chi connectivity index (χ0v) is 13.9. The maximum Gasteiger partial charge on any atom is 0.407 e. The summed E-state index contributed by atoms with van der Waals surface area (Å²) in [5, 5.41) is 22.6. The van der Waals surface area contributed by atoms with Gasteiger partial charge in [0.2, 0.25) is 0 Å². The predicted octanol–water partition coefficient (Wildman–Crippen LogP) is 1.38. The van der Waals surface area contributed by atoms with Crippen LogP contribution in [0.15, 0.2) is 36.7 Å². The van der Waals surface area contributed by atoms with E-state index in [1.807, 2.05) is 30.3 Å². The molecule has 26 heavy (non-hydrogen) atoms. The van der Waals surface area contributed by atoms with Gasteiger partial charge in [-0.1, -0.05) is 18.2 Å². The number of carboxylic acid groups (broad SMARTS) is 2. The monoisotopic (exact) mass is 361 g/mol. The average molecular weight is 361 g/mol. The Kier molecular flexibility index (Phi) is 5.20. The number of para-hydroxylation sites is 1. The highest BCUT2D eigenvalue weighted by molar-refractivity contribution is 5.68. The van der Waals surface area contributed by atoms with Gasteiger partial charge in [0.05, 0.1) is 18.3 Å². The molecular formula is C16H19N5O5. The van der Waals surface area contributed by atoms with E-state index in [0.29, 0.717) is 6.42 Å². The fraction of sp³-hybridized carbons (Fsp3) is 0.375. The Bertz CT molecular complexity index is 765. The molecule has 1 atom stereocenters. The molecule has 2 amide bonds. The van der Waals surface area contributed by atoms with Crippen LogP contribution in [-0.2, 0) is 0 Å². The van der Waals surface area contributed by atoms with E-state index in [2.05, 4.69) is 10.1 Å². The van der Waals surface area contributed by atoms with Crippen LogP contribution < -0.4 is 4.74 Å². The number of hydrogen-bond acceptors (Lipinski definition) is 5. The molecule has 1 saturated heterocycles. The molecule has 0 aliphatic carbocycles. The fourth-order valence-electron chi connectivity index (χ4n) is 2.83. The number of amides is 2. The molecule has 1 aliphatic heterocycles. The normalized spacial score (nSPS) is 17.2. The second-order valence-corrected chi connectivity index (χ2v) is 5.80. The second-order valence-electron chi connectivity index (χ2n) is 5.80. The van der Waals surface area contributed by atoms with E-state index < -0.39 is 18.2 Å². The van der Waals surface area contributed by atoms with Crippen molar-refractivity contribution in [2.45, 2.75) is 12.5 Å². The number of piperazine rings is 1. The summed E-state index contributed by atoms with van der Waals surface area (Å²) in [4.78, 5) is 29.0. The molecule has 1 aliphatic rings. The lowest BCUT2D eigenvalue weighted by Crippen LogP contribution is -2.56. The van der Waals surface area contributed by atoms with Gasteiger partial charge < -0.3 is 24.7 Å². The molecule has 2 N–H and O–H groups in total. The van der Waals surface area contributed by atoms with Gasteiger partial charge in [-0.15, -0.1) is 5.10 Å². The van der Waals surface area contributed by atoms with Crippen molar-refractivity contribution < 1.29 is 24.5 Å². The van der Waals surface area contributed by atoms with E-state index in [0.717, 1.165) is 5.69 Å². The number of aromatic nitrogens is 3. The lowest BCUT2D eigenvalue weighted by atomic mass is 10.1. The third kappa shape index (κ3) is 4.02. The maximum atomic E-state index is 11.3.